The fourth-order valence-electron chi connectivity index (χ4n) is 2.72. The van der Waals surface area contributed by atoms with Crippen molar-refractivity contribution in [1.29, 1.82) is 0 Å². The van der Waals surface area contributed by atoms with Crippen LogP contribution >= 0.6 is 11.3 Å². The molecule has 1 aliphatic rings. The van der Waals surface area contributed by atoms with Crippen molar-refractivity contribution in [3.8, 4) is 0 Å². The molecule has 0 N–H and O–H groups in total. The molecule has 9 heteroatoms. The number of nitrogens with zero attached hydrogens (tertiary/aromatic N) is 6. The predicted octanol–water partition coefficient (Wildman–Crippen LogP) is 1.86. The third-order valence-corrected chi connectivity index (χ3v) is 5.11. The maximum Gasteiger partial charge on any atom is 0.245 e. The summed E-state index contributed by atoms with van der Waals surface area (Å²) in [6.07, 6.45) is 0. The molecule has 0 aromatic carbocycles. The molecule has 1 fully saturated rings. The minimum atomic E-state index is 0.428. The molecule has 4 rings (SSSR count). The van der Waals surface area contributed by atoms with Gasteiger partial charge in [0.05, 0.1) is 19.8 Å². The van der Waals surface area contributed by atoms with Crippen LogP contribution in [0.1, 0.15) is 10.4 Å². The lowest BCUT2D eigenvalue weighted by atomic mass is 10.3. The first-order valence-electron chi connectivity index (χ1n) is 7.79. The normalized spacial score (nSPS) is 15.2. The fraction of sp³-hybridized carbons (Fsp3) is 0.467. The third kappa shape index (κ3) is 2.80. The van der Waals surface area contributed by atoms with E-state index in [0.717, 1.165) is 31.3 Å². The highest BCUT2D eigenvalue weighted by molar-refractivity contribution is 7.10. The Bertz CT molecular complexity index is 841. The molecule has 0 saturated carbocycles. The molecule has 0 unspecified atom stereocenters. The summed E-state index contributed by atoms with van der Waals surface area (Å²) >= 11 is 1.75. The number of rotatable bonds is 4. The van der Waals surface area contributed by atoms with E-state index in [0.29, 0.717) is 24.5 Å². The van der Waals surface area contributed by atoms with Crippen LogP contribution in [0.25, 0.3) is 11.3 Å². The molecular formula is C15H18N6O2S. The average Bonchev–Trinajstić information content (AvgIpc) is 3.23. The van der Waals surface area contributed by atoms with E-state index in [4.69, 9.17) is 9.37 Å². The van der Waals surface area contributed by atoms with E-state index in [1.165, 1.54) is 10.4 Å². The van der Waals surface area contributed by atoms with E-state index < -0.39 is 0 Å². The number of hydrogen-bond acceptors (Lipinski definition) is 9. The van der Waals surface area contributed by atoms with Crippen LogP contribution in [0.5, 0.6) is 0 Å². The average molecular weight is 346 g/mol. The van der Waals surface area contributed by atoms with Crippen molar-refractivity contribution >= 4 is 34.3 Å². The van der Waals surface area contributed by atoms with E-state index in [1.807, 2.05) is 7.05 Å². The van der Waals surface area contributed by atoms with E-state index in [9.17, 15) is 0 Å². The van der Waals surface area contributed by atoms with Gasteiger partial charge in [0.1, 0.15) is 0 Å². The first kappa shape index (κ1) is 15.3. The topological polar surface area (TPSA) is 80.4 Å². The molecule has 0 amide bonds. The molecule has 1 saturated heterocycles. The van der Waals surface area contributed by atoms with Crippen molar-refractivity contribution in [2.75, 3.05) is 43.2 Å². The van der Waals surface area contributed by atoms with Gasteiger partial charge in [-0.05, 0) is 34.2 Å². The van der Waals surface area contributed by atoms with Crippen molar-refractivity contribution in [2.24, 2.45) is 0 Å². The molecule has 24 heavy (non-hydrogen) atoms. The van der Waals surface area contributed by atoms with Gasteiger partial charge in [-0.2, -0.15) is 0 Å². The quantitative estimate of drug-likeness (QED) is 0.708. The number of anilines is 2. The van der Waals surface area contributed by atoms with E-state index in [2.05, 4.69) is 48.5 Å². The van der Waals surface area contributed by atoms with Gasteiger partial charge in [-0.3, -0.25) is 0 Å². The SMILES string of the molecule is Cc1ccsc1CN(C)c1nc2nonc2nc1N1CCOCC1. The summed E-state index contributed by atoms with van der Waals surface area (Å²) in [6.45, 7) is 5.83. The highest BCUT2D eigenvalue weighted by atomic mass is 32.1. The highest BCUT2D eigenvalue weighted by Gasteiger charge is 2.23. The minimum absolute atomic E-state index is 0.428. The van der Waals surface area contributed by atoms with E-state index >= 15 is 0 Å². The number of ether oxygens (including phenoxy) is 1. The summed E-state index contributed by atoms with van der Waals surface area (Å²) < 4.78 is 10.2. The molecule has 0 radical (unpaired) electrons. The molecule has 3 aromatic heterocycles. The maximum absolute atomic E-state index is 5.45. The number of fused-ring (bicyclic) bond motifs is 1. The Labute approximate surface area is 143 Å². The monoisotopic (exact) mass is 346 g/mol. The van der Waals surface area contributed by atoms with Crippen LogP contribution in [0.4, 0.5) is 11.6 Å². The van der Waals surface area contributed by atoms with Crippen LogP contribution < -0.4 is 9.80 Å². The lowest BCUT2D eigenvalue weighted by molar-refractivity contribution is 0.122. The molecular weight excluding hydrogens is 328 g/mol. The first-order valence-corrected chi connectivity index (χ1v) is 8.67. The van der Waals surface area contributed by atoms with Gasteiger partial charge in [0.2, 0.25) is 11.3 Å². The zero-order chi connectivity index (χ0) is 16.5. The van der Waals surface area contributed by atoms with Gasteiger partial charge in [0, 0.05) is 25.0 Å². The van der Waals surface area contributed by atoms with Gasteiger partial charge in [-0.25, -0.2) is 14.6 Å². The third-order valence-electron chi connectivity index (χ3n) is 4.10. The van der Waals surface area contributed by atoms with Crippen molar-refractivity contribution in [2.45, 2.75) is 13.5 Å². The molecule has 126 valence electrons. The summed E-state index contributed by atoms with van der Waals surface area (Å²) in [5.41, 5.74) is 2.15. The van der Waals surface area contributed by atoms with Gasteiger partial charge in [0.25, 0.3) is 0 Å². The van der Waals surface area contributed by atoms with Gasteiger partial charge in [0.15, 0.2) is 11.6 Å². The Morgan fingerprint density at radius 2 is 1.96 bits per heavy atom. The van der Waals surface area contributed by atoms with Crippen LogP contribution in [0, 0.1) is 6.92 Å². The summed E-state index contributed by atoms with van der Waals surface area (Å²) in [5.74, 6) is 1.59. The maximum atomic E-state index is 5.45. The van der Waals surface area contributed by atoms with E-state index in [-0.39, 0.29) is 0 Å². The summed E-state index contributed by atoms with van der Waals surface area (Å²) in [6, 6.07) is 2.13. The van der Waals surface area contributed by atoms with Crippen LogP contribution in [-0.4, -0.2) is 53.6 Å². The van der Waals surface area contributed by atoms with Gasteiger partial charge in [-0.1, -0.05) is 0 Å². The minimum Gasteiger partial charge on any atom is -0.378 e. The summed E-state index contributed by atoms with van der Waals surface area (Å²) in [4.78, 5) is 14.9. The molecule has 0 bridgehead atoms. The Balaban J connectivity index is 1.72. The fourth-order valence-corrected chi connectivity index (χ4v) is 3.68. The van der Waals surface area contributed by atoms with Crippen molar-refractivity contribution in [3.63, 3.8) is 0 Å². The molecule has 1 aliphatic heterocycles. The van der Waals surface area contributed by atoms with Gasteiger partial charge < -0.3 is 14.5 Å². The lowest BCUT2D eigenvalue weighted by Gasteiger charge is -2.30. The zero-order valence-electron chi connectivity index (χ0n) is 13.6. The lowest BCUT2D eigenvalue weighted by Crippen LogP contribution is -2.38. The first-order chi connectivity index (χ1) is 11.7. The standard InChI is InChI=1S/C15H18N6O2S/c1-10-3-8-24-11(10)9-20(2)14-15(21-4-6-22-7-5-21)17-13-12(16-14)18-23-19-13/h3,8H,4-7,9H2,1-2H3. The molecule has 8 nitrogen and oxygen atoms in total. The zero-order valence-corrected chi connectivity index (χ0v) is 14.4. The molecule has 0 aliphatic carbocycles. The molecule has 3 aromatic rings. The smallest absolute Gasteiger partial charge is 0.245 e. The number of aromatic nitrogens is 4. The van der Waals surface area contributed by atoms with Gasteiger partial charge >= 0.3 is 0 Å². The second kappa shape index (κ2) is 6.33. The second-order valence-corrected chi connectivity index (χ2v) is 6.77. The summed E-state index contributed by atoms with van der Waals surface area (Å²) in [7, 11) is 2.02. The Morgan fingerprint density at radius 3 is 2.67 bits per heavy atom. The van der Waals surface area contributed by atoms with Crippen LogP contribution in [0.3, 0.4) is 0 Å². The van der Waals surface area contributed by atoms with Gasteiger partial charge in [-0.15, -0.1) is 11.3 Å². The van der Waals surface area contributed by atoms with E-state index in [1.54, 1.807) is 11.3 Å². The second-order valence-electron chi connectivity index (χ2n) is 5.76. The highest BCUT2D eigenvalue weighted by Crippen LogP contribution is 2.29. The number of morpholine rings is 1. The Kier molecular flexibility index (Phi) is 4.03. The Hall–Kier alpha value is -2.26. The number of aryl methyl sites for hydroxylation is 1. The molecule has 0 spiro atoms. The van der Waals surface area contributed by atoms with Crippen LogP contribution in [0.15, 0.2) is 16.1 Å². The largest absolute Gasteiger partial charge is 0.378 e. The Morgan fingerprint density at radius 1 is 1.21 bits per heavy atom. The van der Waals surface area contributed by atoms with Crippen molar-refractivity contribution in [3.05, 3.63) is 21.9 Å². The van der Waals surface area contributed by atoms with Crippen LogP contribution in [0.2, 0.25) is 0 Å². The molecule has 0 atom stereocenters. The summed E-state index contributed by atoms with van der Waals surface area (Å²) in [5, 5.41) is 9.77. The van der Waals surface area contributed by atoms with Crippen molar-refractivity contribution < 1.29 is 9.37 Å². The number of hydrogen-bond donors (Lipinski definition) is 0. The van der Waals surface area contributed by atoms with Crippen molar-refractivity contribution in [1.82, 2.24) is 20.3 Å². The molecule has 4 heterocycles. The predicted molar refractivity (Wildman–Crippen MR) is 91.6 cm³/mol. The van der Waals surface area contributed by atoms with Crippen LogP contribution in [-0.2, 0) is 11.3 Å². The number of thiophene rings is 1.